The Kier molecular flexibility index (Phi) is 3.88. The third-order valence-electron chi connectivity index (χ3n) is 2.31. The van der Waals surface area contributed by atoms with Crippen LogP contribution in [-0.4, -0.2) is 15.9 Å². The number of halogens is 1. The Balaban J connectivity index is 2.25. The van der Waals surface area contributed by atoms with Crippen LogP contribution in [0, 0.1) is 0 Å². The lowest BCUT2D eigenvalue weighted by atomic mass is 10.1. The van der Waals surface area contributed by atoms with Crippen LogP contribution in [0.15, 0.2) is 47.3 Å². The molecule has 1 heterocycles. The molecule has 0 unspecified atom stereocenters. The molecule has 0 aliphatic carbocycles. The minimum absolute atomic E-state index is 0.469. The fourth-order valence-electron chi connectivity index (χ4n) is 1.52. The number of aromatic nitrogens is 2. The zero-order valence-electron chi connectivity index (χ0n) is 9.38. The van der Waals surface area contributed by atoms with Crippen molar-refractivity contribution >= 4 is 27.7 Å². The van der Waals surface area contributed by atoms with Crippen molar-refractivity contribution in [3.05, 3.63) is 52.9 Å². The van der Waals surface area contributed by atoms with Gasteiger partial charge in [0.1, 0.15) is 16.5 Å². The summed E-state index contributed by atoms with van der Waals surface area (Å²) in [6.45, 7) is 0. The van der Waals surface area contributed by atoms with Crippen LogP contribution in [0.25, 0.3) is 0 Å². The van der Waals surface area contributed by atoms with Crippen LogP contribution < -0.4 is 11.1 Å². The van der Waals surface area contributed by atoms with E-state index in [0.717, 1.165) is 5.56 Å². The van der Waals surface area contributed by atoms with Crippen LogP contribution in [0.1, 0.15) is 11.6 Å². The first-order valence-electron chi connectivity index (χ1n) is 5.25. The van der Waals surface area contributed by atoms with Crippen molar-refractivity contribution in [1.82, 2.24) is 9.97 Å². The number of carbonyl (C=O) groups excluding carboxylic acids is 1. The molecule has 0 saturated heterocycles. The smallest absolute Gasteiger partial charge is 0.244 e. The molecule has 18 heavy (non-hydrogen) atoms. The van der Waals surface area contributed by atoms with E-state index in [4.69, 9.17) is 5.73 Å². The van der Waals surface area contributed by atoms with Crippen molar-refractivity contribution in [2.75, 3.05) is 5.32 Å². The number of nitrogens with two attached hydrogens (primary N) is 1. The zero-order chi connectivity index (χ0) is 13.0. The monoisotopic (exact) mass is 306 g/mol. The van der Waals surface area contributed by atoms with E-state index in [-0.39, 0.29) is 0 Å². The largest absolute Gasteiger partial charge is 0.368 e. The lowest BCUT2D eigenvalue weighted by molar-refractivity contribution is -0.118. The van der Waals surface area contributed by atoms with Crippen LogP contribution in [0.2, 0.25) is 0 Å². The van der Waals surface area contributed by atoms with Gasteiger partial charge in [0.15, 0.2) is 0 Å². The number of primary amides is 1. The second-order valence-electron chi connectivity index (χ2n) is 3.62. The molecule has 2 rings (SSSR count). The van der Waals surface area contributed by atoms with Gasteiger partial charge >= 0.3 is 0 Å². The summed E-state index contributed by atoms with van der Waals surface area (Å²) in [7, 11) is 0. The molecular weight excluding hydrogens is 296 g/mol. The molecule has 0 saturated carbocycles. The molecular formula is C12H11BrN4O. The third kappa shape index (κ3) is 3.04. The average Bonchev–Trinajstić information content (AvgIpc) is 2.37. The first kappa shape index (κ1) is 12.5. The number of carbonyl (C=O) groups is 1. The first-order valence-corrected chi connectivity index (χ1v) is 6.04. The maximum Gasteiger partial charge on any atom is 0.244 e. The summed E-state index contributed by atoms with van der Waals surface area (Å²) in [6.07, 6.45) is 3.09. The molecule has 1 aromatic heterocycles. The minimum atomic E-state index is -0.630. The van der Waals surface area contributed by atoms with Crippen LogP contribution in [0.3, 0.4) is 0 Å². The van der Waals surface area contributed by atoms with Gasteiger partial charge in [-0.1, -0.05) is 30.3 Å². The molecule has 6 heteroatoms. The van der Waals surface area contributed by atoms with Crippen molar-refractivity contribution in [3.63, 3.8) is 0 Å². The highest BCUT2D eigenvalue weighted by molar-refractivity contribution is 9.10. The molecule has 0 aliphatic heterocycles. The summed E-state index contributed by atoms with van der Waals surface area (Å²) in [5.41, 5.74) is 6.18. The fraction of sp³-hybridized carbons (Fsp3) is 0.0833. The second kappa shape index (κ2) is 5.59. The Morgan fingerprint density at radius 3 is 2.61 bits per heavy atom. The third-order valence-corrected chi connectivity index (χ3v) is 2.70. The highest BCUT2D eigenvalue weighted by atomic mass is 79.9. The normalized spacial score (nSPS) is 11.8. The predicted molar refractivity (Wildman–Crippen MR) is 71.7 cm³/mol. The Hall–Kier alpha value is -1.95. The van der Waals surface area contributed by atoms with E-state index in [9.17, 15) is 4.79 Å². The summed E-state index contributed by atoms with van der Waals surface area (Å²) < 4.78 is 0.587. The Morgan fingerprint density at radius 1 is 1.28 bits per heavy atom. The van der Waals surface area contributed by atoms with E-state index in [0.29, 0.717) is 10.4 Å². The molecule has 5 nitrogen and oxygen atoms in total. The van der Waals surface area contributed by atoms with Crippen molar-refractivity contribution in [1.29, 1.82) is 0 Å². The molecule has 1 aromatic carbocycles. The quantitative estimate of drug-likeness (QED) is 0.903. The maximum absolute atomic E-state index is 11.5. The summed E-state index contributed by atoms with van der Waals surface area (Å²) in [5, 5.41) is 2.96. The molecule has 0 fully saturated rings. The molecule has 0 radical (unpaired) electrons. The number of nitrogens with zero attached hydrogens (tertiary/aromatic N) is 2. The molecule has 92 valence electrons. The van der Waals surface area contributed by atoms with Crippen LogP contribution in [0.5, 0.6) is 0 Å². The Bertz CT molecular complexity index is 547. The van der Waals surface area contributed by atoms with E-state index < -0.39 is 11.9 Å². The summed E-state index contributed by atoms with van der Waals surface area (Å²) in [4.78, 5) is 19.6. The lowest BCUT2D eigenvalue weighted by Gasteiger charge is -2.16. The molecule has 3 N–H and O–H groups in total. The van der Waals surface area contributed by atoms with E-state index in [1.54, 1.807) is 6.20 Å². The predicted octanol–water partition coefficient (Wildman–Crippen LogP) is 1.88. The number of amides is 1. The highest BCUT2D eigenvalue weighted by Crippen LogP contribution is 2.18. The topological polar surface area (TPSA) is 80.9 Å². The van der Waals surface area contributed by atoms with Crippen molar-refractivity contribution in [2.24, 2.45) is 5.73 Å². The molecule has 0 aliphatic rings. The number of hydrogen-bond acceptors (Lipinski definition) is 4. The van der Waals surface area contributed by atoms with Gasteiger partial charge in [0.2, 0.25) is 5.91 Å². The van der Waals surface area contributed by atoms with Crippen LogP contribution in [0.4, 0.5) is 5.82 Å². The first-order chi connectivity index (χ1) is 8.66. The number of anilines is 1. The number of hydrogen-bond donors (Lipinski definition) is 2. The average molecular weight is 307 g/mol. The van der Waals surface area contributed by atoms with Crippen molar-refractivity contribution in [2.45, 2.75) is 6.04 Å². The van der Waals surface area contributed by atoms with Gasteiger partial charge in [0, 0.05) is 0 Å². The standard InChI is InChI=1S/C12H11BrN4O/c13-9-6-15-7-10(16-9)17-11(12(14)18)8-4-2-1-3-5-8/h1-7,11H,(H2,14,18)(H,16,17)/t11-/m0/s1. The van der Waals surface area contributed by atoms with Crippen LogP contribution in [-0.2, 0) is 4.79 Å². The van der Waals surface area contributed by atoms with Gasteiger partial charge in [-0.2, -0.15) is 0 Å². The highest BCUT2D eigenvalue weighted by Gasteiger charge is 2.17. The number of rotatable bonds is 4. The second-order valence-corrected chi connectivity index (χ2v) is 4.43. The number of nitrogens with one attached hydrogen (secondary N) is 1. The Morgan fingerprint density at radius 2 is 2.00 bits per heavy atom. The summed E-state index contributed by atoms with van der Waals surface area (Å²) >= 11 is 3.22. The minimum Gasteiger partial charge on any atom is -0.368 e. The van der Waals surface area contributed by atoms with Gasteiger partial charge in [0.05, 0.1) is 12.4 Å². The summed E-state index contributed by atoms with van der Waals surface area (Å²) in [6, 6.07) is 8.59. The SMILES string of the molecule is NC(=O)[C@@H](Nc1cncc(Br)n1)c1ccccc1. The molecule has 0 bridgehead atoms. The Labute approximate surface area is 113 Å². The van der Waals surface area contributed by atoms with Gasteiger partial charge < -0.3 is 11.1 Å². The molecule has 1 atom stereocenters. The lowest BCUT2D eigenvalue weighted by Crippen LogP contribution is -2.28. The van der Waals surface area contributed by atoms with Crippen molar-refractivity contribution < 1.29 is 4.79 Å². The zero-order valence-corrected chi connectivity index (χ0v) is 11.0. The summed E-state index contributed by atoms with van der Waals surface area (Å²) in [5.74, 6) is 0.0139. The number of benzene rings is 1. The molecule has 2 aromatic rings. The van der Waals surface area contributed by atoms with E-state index in [2.05, 4.69) is 31.2 Å². The van der Waals surface area contributed by atoms with E-state index in [1.807, 2.05) is 30.3 Å². The maximum atomic E-state index is 11.5. The van der Waals surface area contributed by atoms with Gasteiger partial charge in [-0.3, -0.25) is 9.78 Å². The van der Waals surface area contributed by atoms with E-state index >= 15 is 0 Å². The van der Waals surface area contributed by atoms with Gasteiger partial charge in [0.25, 0.3) is 0 Å². The van der Waals surface area contributed by atoms with Crippen LogP contribution >= 0.6 is 15.9 Å². The van der Waals surface area contributed by atoms with E-state index in [1.165, 1.54) is 6.20 Å². The van der Waals surface area contributed by atoms with Gasteiger partial charge in [-0.05, 0) is 21.5 Å². The molecule has 1 amide bonds. The van der Waals surface area contributed by atoms with Crippen molar-refractivity contribution in [3.8, 4) is 0 Å². The van der Waals surface area contributed by atoms with Gasteiger partial charge in [-0.15, -0.1) is 0 Å². The fourth-order valence-corrected chi connectivity index (χ4v) is 1.83. The van der Waals surface area contributed by atoms with Gasteiger partial charge in [-0.25, -0.2) is 4.98 Å². The molecule has 0 spiro atoms.